The molecule has 0 aliphatic heterocycles. The Kier molecular flexibility index (Phi) is 3.71. The van der Waals surface area contributed by atoms with Gasteiger partial charge in [-0.1, -0.05) is 18.2 Å². The highest BCUT2D eigenvalue weighted by atomic mass is 16.6. The van der Waals surface area contributed by atoms with Gasteiger partial charge in [-0.2, -0.15) is 0 Å². The fourth-order valence-electron chi connectivity index (χ4n) is 1.84. The zero-order chi connectivity index (χ0) is 12.3. The van der Waals surface area contributed by atoms with E-state index in [1.807, 2.05) is 0 Å². The number of aliphatic hydroxyl groups is 1. The maximum atomic E-state index is 10.8. The van der Waals surface area contributed by atoms with E-state index in [0.29, 0.717) is 24.6 Å². The van der Waals surface area contributed by atoms with Gasteiger partial charge in [0.25, 0.3) is 5.69 Å². The molecule has 5 nitrogen and oxygen atoms in total. The van der Waals surface area contributed by atoms with E-state index in [4.69, 9.17) is 0 Å². The number of nitro benzene ring substituents is 1. The smallest absolute Gasteiger partial charge is 0.273 e. The molecule has 17 heavy (non-hydrogen) atoms. The topological polar surface area (TPSA) is 75.4 Å². The van der Waals surface area contributed by atoms with E-state index in [-0.39, 0.29) is 16.7 Å². The highest BCUT2D eigenvalue weighted by Gasteiger charge is 2.29. The SMILES string of the molecule is O=[N+]([O-])c1ccccc1CNCC(O)C1CC1. The van der Waals surface area contributed by atoms with Gasteiger partial charge in [0.15, 0.2) is 0 Å². The van der Waals surface area contributed by atoms with Gasteiger partial charge in [0.2, 0.25) is 0 Å². The van der Waals surface area contributed by atoms with Crippen LogP contribution in [0.2, 0.25) is 0 Å². The monoisotopic (exact) mass is 236 g/mol. The summed E-state index contributed by atoms with van der Waals surface area (Å²) in [6, 6.07) is 6.66. The molecule has 2 rings (SSSR count). The van der Waals surface area contributed by atoms with Gasteiger partial charge in [-0.15, -0.1) is 0 Å². The van der Waals surface area contributed by atoms with Crippen LogP contribution >= 0.6 is 0 Å². The summed E-state index contributed by atoms with van der Waals surface area (Å²) in [5, 5.41) is 23.5. The zero-order valence-corrected chi connectivity index (χ0v) is 9.50. The molecule has 92 valence electrons. The van der Waals surface area contributed by atoms with E-state index >= 15 is 0 Å². The third-order valence-corrected chi connectivity index (χ3v) is 3.02. The minimum absolute atomic E-state index is 0.126. The van der Waals surface area contributed by atoms with E-state index < -0.39 is 0 Å². The molecule has 1 aromatic rings. The number of nitrogens with zero attached hydrogens (tertiary/aromatic N) is 1. The molecule has 0 heterocycles. The van der Waals surface area contributed by atoms with Gasteiger partial charge >= 0.3 is 0 Å². The normalized spacial score (nSPS) is 16.8. The van der Waals surface area contributed by atoms with Crippen LogP contribution in [-0.4, -0.2) is 22.7 Å². The number of hydrogen-bond donors (Lipinski definition) is 2. The first-order chi connectivity index (χ1) is 8.18. The number of hydrogen-bond acceptors (Lipinski definition) is 4. The Labute approximate surface area is 99.6 Å². The first-order valence-corrected chi connectivity index (χ1v) is 5.79. The number of nitrogens with one attached hydrogen (secondary N) is 1. The van der Waals surface area contributed by atoms with Crippen LogP contribution in [0.4, 0.5) is 5.69 Å². The van der Waals surface area contributed by atoms with E-state index in [2.05, 4.69) is 5.32 Å². The van der Waals surface area contributed by atoms with Gasteiger partial charge in [0.05, 0.1) is 11.0 Å². The van der Waals surface area contributed by atoms with Crippen LogP contribution in [0.25, 0.3) is 0 Å². The minimum Gasteiger partial charge on any atom is -0.392 e. The molecule has 1 aliphatic rings. The second kappa shape index (κ2) is 5.25. The first-order valence-electron chi connectivity index (χ1n) is 5.79. The zero-order valence-electron chi connectivity index (χ0n) is 9.50. The van der Waals surface area contributed by atoms with Crippen LogP contribution in [-0.2, 0) is 6.54 Å². The van der Waals surface area contributed by atoms with Crippen molar-refractivity contribution in [3.63, 3.8) is 0 Å². The summed E-state index contributed by atoms with van der Waals surface area (Å²) in [6.45, 7) is 0.914. The summed E-state index contributed by atoms with van der Waals surface area (Å²) in [6.07, 6.45) is 1.86. The predicted octanol–water partition coefficient (Wildman–Crippen LogP) is 1.46. The van der Waals surface area contributed by atoms with Crippen molar-refractivity contribution in [2.24, 2.45) is 5.92 Å². The van der Waals surface area contributed by atoms with Crippen LogP contribution in [0, 0.1) is 16.0 Å². The van der Waals surface area contributed by atoms with E-state index in [0.717, 1.165) is 12.8 Å². The largest absolute Gasteiger partial charge is 0.392 e. The van der Waals surface area contributed by atoms with Crippen LogP contribution in [0.1, 0.15) is 18.4 Å². The average Bonchev–Trinajstić information content (AvgIpc) is 3.13. The second-order valence-electron chi connectivity index (χ2n) is 4.42. The number of rotatable bonds is 6. The van der Waals surface area contributed by atoms with E-state index in [1.54, 1.807) is 18.2 Å². The summed E-state index contributed by atoms with van der Waals surface area (Å²) in [5.41, 5.74) is 0.779. The summed E-state index contributed by atoms with van der Waals surface area (Å²) in [7, 11) is 0. The first kappa shape index (κ1) is 12.0. The van der Waals surface area contributed by atoms with Crippen molar-refractivity contribution in [1.82, 2.24) is 5.32 Å². The van der Waals surface area contributed by atoms with E-state index in [9.17, 15) is 15.2 Å². The lowest BCUT2D eigenvalue weighted by atomic mass is 10.1. The fraction of sp³-hybridized carbons (Fsp3) is 0.500. The summed E-state index contributed by atoms with van der Waals surface area (Å²) < 4.78 is 0. The summed E-state index contributed by atoms with van der Waals surface area (Å²) in [5.74, 6) is 0.424. The lowest BCUT2D eigenvalue weighted by Gasteiger charge is -2.10. The van der Waals surface area contributed by atoms with Crippen LogP contribution in [0.15, 0.2) is 24.3 Å². The maximum absolute atomic E-state index is 10.8. The molecule has 0 bridgehead atoms. The molecule has 5 heteroatoms. The Bertz CT molecular complexity index is 404. The van der Waals surface area contributed by atoms with Gasteiger partial charge < -0.3 is 10.4 Å². The highest BCUT2D eigenvalue weighted by molar-refractivity contribution is 5.39. The number of nitro groups is 1. The predicted molar refractivity (Wildman–Crippen MR) is 63.5 cm³/mol. The Morgan fingerprint density at radius 3 is 2.82 bits per heavy atom. The van der Waals surface area contributed by atoms with E-state index in [1.165, 1.54) is 6.07 Å². The summed E-state index contributed by atoms with van der Waals surface area (Å²) in [4.78, 5) is 10.4. The third-order valence-electron chi connectivity index (χ3n) is 3.02. The molecule has 0 saturated heterocycles. The van der Waals surface area contributed by atoms with Crippen LogP contribution in [0.5, 0.6) is 0 Å². The second-order valence-corrected chi connectivity index (χ2v) is 4.42. The van der Waals surface area contributed by atoms with Crippen molar-refractivity contribution in [2.45, 2.75) is 25.5 Å². The molecule has 0 amide bonds. The summed E-state index contributed by atoms with van der Waals surface area (Å²) >= 11 is 0. The van der Waals surface area contributed by atoms with Crippen LogP contribution < -0.4 is 5.32 Å². The Balaban J connectivity index is 1.87. The molecule has 1 atom stereocenters. The molecule has 0 aromatic heterocycles. The Morgan fingerprint density at radius 2 is 2.18 bits per heavy atom. The number of aliphatic hydroxyl groups excluding tert-OH is 1. The quantitative estimate of drug-likeness (QED) is 0.579. The third kappa shape index (κ3) is 3.25. The van der Waals surface area contributed by atoms with Crippen molar-refractivity contribution < 1.29 is 10.0 Å². The molecule has 1 fully saturated rings. The molecular formula is C12H16N2O3. The molecular weight excluding hydrogens is 220 g/mol. The van der Waals surface area contributed by atoms with Gasteiger partial charge in [-0.25, -0.2) is 0 Å². The molecule has 1 unspecified atom stereocenters. The number of benzene rings is 1. The van der Waals surface area contributed by atoms with Gasteiger partial charge in [-0.3, -0.25) is 10.1 Å². The van der Waals surface area contributed by atoms with Crippen LogP contribution in [0.3, 0.4) is 0 Å². The van der Waals surface area contributed by atoms with Crippen molar-refractivity contribution in [3.8, 4) is 0 Å². The van der Waals surface area contributed by atoms with Crippen molar-refractivity contribution in [1.29, 1.82) is 0 Å². The highest BCUT2D eigenvalue weighted by Crippen LogP contribution is 2.32. The van der Waals surface area contributed by atoms with Crippen molar-refractivity contribution >= 4 is 5.69 Å². The Morgan fingerprint density at radius 1 is 1.47 bits per heavy atom. The standard InChI is InChI=1S/C12H16N2O3/c15-12(9-5-6-9)8-13-7-10-3-1-2-4-11(10)14(16)17/h1-4,9,12-13,15H,5-8H2. The fourth-order valence-corrected chi connectivity index (χ4v) is 1.84. The minimum atomic E-state index is -0.381. The van der Waals surface area contributed by atoms with Gasteiger partial charge in [0.1, 0.15) is 0 Å². The molecule has 0 spiro atoms. The molecule has 1 aliphatic carbocycles. The Hall–Kier alpha value is -1.46. The molecule has 2 N–H and O–H groups in total. The maximum Gasteiger partial charge on any atom is 0.273 e. The number of para-hydroxylation sites is 1. The lowest BCUT2D eigenvalue weighted by Crippen LogP contribution is -2.28. The van der Waals surface area contributed by atoms with Gasteiger partial charge in [0, 0.05) is 24.7 Å². The van der Waals surface area contributed by atoms with Crippen molar-refractivity contribution in [3.05, 3.63) is 39.9 Å². The van der Waals surface area contributed by atoms with Crippen molar-refractivity contribution in [2.75, 3.05) is 6.54 Å². The molecule has 0 radical (unpaired) electrons. The molecule has 1 saturated carbocycles. The average molecular weight is 236 g/mol. The lowest BCUT2D eigenvalue weighted by molar-refractivity contribution is -0.385. The van der Waals surface area contributed by atoms with Gasteiger partial charge in [-0.05, 0) is 18.8 Å². The molecule has 1 aromatic carbocycles.